The highest BCUT2D eigenvalue weighted by atomic mass is 16.6. The van der Waals surface area contributed by atoms with Crippen LogP contribution in [-0.4, -0.2) is 40.3 Å². The Kier molecular flexibility index (Phi) is 3.93. The lowest BCUT2D eigenvalue weighted by Crippen LogP contribution is -2.41. The van der Waals surface area contributed by atoms with E-state index in [1.807, 2.05) is 13.8 Å². The molecule has 0 saturated carbocycles. The minimum absolute atomic E-state index is 0.0251. The molecule has 0 bridgehead atoms. The summed E-state index contributed by atoms with van der Waals surface area (Å²) in [7, 11) is 0. The number of rotatable bonds is 2. The van der Waals surface area contributed by atoms with Crippen LogP contribution in [0.3, 0.4) is 0 Å². The van der Waals surface area contributed by atoms with Gasteiger partial charge in [-0.25, -0.2) is 4.79 Å². The molecule has 0 aromatic rings. The maximum absolute atomic E-state index is 12.1. The molecule has 104 valence electrons. The Morgan fingerprint density at radius 2 is 1.94 bits per heavy atom. The molecule has 1 unspecified atom stereocenters. The zero-order chi connectivity index (χ0) is 14.1. The molecule has 18 heavy (non-hydrogen) atoms. The molecule has 0 aliphatic carbocycles. The molecule has 0 spiro atoms. The van der Waals surface area contributed by atoms with Crippen molar-refractivity contribution in [2.45, 2.75) is 59.1 Å². The van der Waals surface area contributed by atoms with Crippen LogP contribution < -0.4 is 0 Å². The molecule has 0 aromatic carbocycles. The fourth-order valence-corrected chi connectivity index (χ4v) is 2.32. The number of carboxylic acid groups (broad SMARTS) is 1. The van der Waals surface area contributed by atoms with Crippen molar-refractivity contribution in [3.05, 3.63) is 0 Å². The highest BCUT2D eigenvalue weighted by Crippen LogP contribution is 2.36. The molecule has 1 N–H and O–H groups in total. The number of amides is 1. The SMILES string of the molecule is CC1(C)CC(CC(=O)O)N(C(=O)OC(C)(C)C)C1. The summed E-state index contributed by atoms with van der Waals surface area (Å²) in [5.74, 6) is -0.883. The van der Waals surface area contributed by atoms with Crippen molar-refractivity contribution in [2.75, 3.05) is 6.54 Å². The van der Waals surface area contributed by atoms with Crippen molar-refractivity contribution in [2.24, 2.45) is 5.41 Å². The predicted molar refractivity (Wildman–Crippen MR) is 67.4 cm³/mol. The summed E-state index contributed by atoms with van der Waals surface area (Å²) in [6.07, 6.45) is 0.251. The van der Waals surface area contributed by atoms with Gasteiger partial charge in [0, 0.05) is 12.6 Å². The first kappa shape index (κ1) is 14.8. The molecule has 5 nitrogen and oxygen atoms in total. The fourth-order valence-electron chi connectivity index (χ4n) is 2.32. The summed E-state index contributed by atoms with van der Waals surface area (Å²) in [4.78, 5) is 24.4. The summed E-state index contributed by atoms with van der Waals surface area (Å²) < 4.78 is 5.32. The molecular formula is C13H23NO4. The van der Waals surface area contributed by atoms with Crippen molar-refractivity contribution in [3.8, 4) is 0 Å². The lowest BCUT2D eigenvalue weighted by atomic mass is 9.90. The van der Waals surface area contributed by atoms with Gasteiger partial charge in [-0.15, -0.1) is 0 Å². The van der Waals surface area contributed by atoms with E-state index in [0.29, 0.717) is 13.0 Å². The Hall–Kier alpha value is -1.26. The summed E-state index contributed by atoms with van der Waals surface area (Å²) >= 11 is 0. The van der Waals surface area contributed by atoms with E-state index in [-0.39, 0.29) is 17.9 Å². The van der Waals surface area contributed by atoms with Crippen molar-refractivity contribution < 1.29 is 19.4 Å². The summed E-state index contributed by atoms with van der Waals surface area (Å²) in [6.45, 7) is 10.0. The first-order valence-electron chi connectivity index (χ1n) is 6.22. The van der Waals surface area contributed by atoms with Crippen LogP contribution in [0.25, 0.3) is 0 Å². The third-order valence-corrected chi connectivity index (χ3v) is 2.87. The van der Waals surface area contributed by atoms with Gasteiger partial charge in [0.05, 0.1) is 6.42 Å². The molecule has 1 heterocycles. The molecule has 1 fully saturated rings. The molecule has 1 aliphatic rings. The van der Waals surface area contributed by atoms with Gasteiger partial charge in [-0.2, -0.15) is 0 Å². The standard InChI is InChI=1S/C13H23NO4/c1-12(2,3)18-11(17)14-8-13(4,5)7-9(14)6-10(15)16/h9H,6-8H2,1-5H3,(H,15,16). The van der Waals surface area contributed by atoms with Gasteiger partial charge < -0.3 is 14.7 Å². The van der Waals surface area contributed by atoms with Gasteiger partial charge in [-0.1, -0.05) is 13.8 Å². The van der Waals surface area contributed by atoms with E-state index in [4.69, 9.17) is 9.84 Å². The first-order chi connectivity index (χ1) is 8.00. The van der Waals surface area contributed by atoms with Crippen LogP contribution in [0, 0.1) is 5.41 Å². The second kappa shape index (κ2) is 4.78. The van der Waals surface area contributed by atoms with Crippen LogP contribution >= 0.6 is 0 Å². The van der Waals surface area contributed by atoms with Gasteiger partial charge in [-0.05, 0) is 32.6 Å². The monoisotopic (exact) mass is 257 g/mol. The second-order valence-electron chi connectivity index (χ2n) is 6.73. The maximum atomic E-state index is 12.1. The third-order valence-electron chi connectivity index (χ3n) is 2.87. The largest absolute Gasteiger partial charge is 0.481 e. The predicted octanol–water partition coefficient (Wildman–Crippen LogP) is 2.50. The van der Waals surface area contributed by atoms with Crippen LogP contribution in [-0.2, 0) is 9.53 Å². The second-order valence-corrected chi connectivity index (χ2v) is 6.73. The zero-order valence-corrected chi connectivity index (χ0v) is 11.8. The maximum Gasteiger partial charge on any atom is 0.410 e. The van der Waals surface area contributed by atoms with Gasteiger partial charge in [0.25, 0.3) is 0 Å². The molecule has 1 saturated heterocycles. The fraction of sp³-hybridized carbons (Fsp3) is 0.846. The Labute approximate surface area is 108 Å². The number of hydrogen-bond acceptors (Lipinski definition) is 3. The van der Waals surface area contributed by atoms with Crippen LogP contribution in [0.15, 0.2) is 0 Å². The number of hydrogen-bond donors (Lipinski definition) is 1. The molecule has 0 aromatic heterocycles. The Morgan fingerprint density at radius 3 is 2.39 bits per heavy atom. The molecule has 0 radical (unpaired) electrons. The number of ether oxygens (including phenoxy) is 1. The van der Waals surface area contributed by atoms with E-state index < -0.39 is 17.7 Å². The molecule has 1 atom stereocenters. The third kappa shape index (κ3) is 4.20. The summed E-state index contributed by atoms with van der Waals surface area (Å²) in [5.41, 5.74) is -0.616. The first-order valence-corrected chi connectivity index (χ1v) is 6.22. The van der Waals surface area contributed by atoms with Crippen LogP contribution in [0.2, 0.25) is 0 Å². The summed E-state index contributed by atoms with van der Waals surface area (Å²) in [6, 6.07) is -0.271. The topological polar surface area (TPSA) is 66.8 Å². The van der Waals surface area contributed by atoms with Gasteiger partial charge >= 0.3 is 12.1 Å². The van der Waals surface area contributed by atoms with E-state index in [0.717, 1.165) is 0 Å². The number of carbonyl (C=O) groups excluding carboxylic acids is 1. The smallest absolute Gasteiger partial charge is 0.410 e. The minimum Gasteiger partial charge on any atom is -0.481 e. The summed E-state index contributed by atoms with van der Waals surface area (Å²) in [5, 5.41) is 8.90. The van der Waals surface area contributed by atoms with Crippen LogP contribution in [0.5, 0.6) is 0 Å². The van der Waals surface area contributed by atoms with E-state index in [1.54, 1.807) is 25.7 Å². The number of carbonyl (C=O) groups is 2. The number of carboxylic acids is 1. The van der Waals surface area contributed by atoms with Crippen molar-refractivity contribution in [3.63, 3.8) is 0 Å². The average molecular weight is 257 g/mol. The Balaban J connectivity index is 2.77. The van der Waals surface area contributed by atoms with Crippen molar-refractivity contribution >= 4 is 12.1 Å². The molecule has 1 aliphatic heterocycles. The van der Waals surface area contributed by atoms with Gasteiger partial charge in [0.1, 0.15) is 5.60 Å². The Bertz CT molecular complexity index is 343. The number of likely N-dealkylation sites (tertiary alicyclic amines) is 1. The Morgan fingerprint density at radius 1 is 1.39 bits per heavy atom. The van der Waals surface area contributed by atoms with Crippen LogP contribution in [0.4, 0.5) is 4.79 Å². The highest BCUT2D eigenvalue weighted by Gasteiger charge is 2.42. The van der Waals surface area contributed by atoms with E-state index in [2.05, 4.69) is 0 Å². The van der Waals surface area contributed by atoms with Crippen LogP contribution in [0.1, 0.15) is 47.5 Å². The molecule has 1 rings (SSSR count). The van der Waals surface area contributed by atoms with Crippen molar-refractivity contribution in [1.29, 1.82) is 0 Å². The van der Waals surface area contributed by atoms with E-state index in [1.165, 1.54) is 0 Å². The normalized spacial score (nSPS) is 22.9. The van der Waals surface area contributed by atoms with E-state index in [9.17, 15) is 9.59 Å². The van der Waals surface area contributed by atoms with Gasteiger partial charge in [0.2, 0.25) is 0 Å². The molecule has 1 amide bonds. The zero-order valence-electron chi connectivity index (χ0n) is 11.8. The lowest BCUT2D eigenvalue weighted by molar-refractivity contribution is -0.138. The average Bonchev–Trinajstić information content (AvgIpc) is 2.36. The van der Waals surface area contributed by atoms with Crippen molar-refractivity contribution in [1.82, 2.24) is 4.90 Å². The lowest BCUT2D eigenvalue weighted by Gasteiger charge is -2.28. The minimum atomic E-state index is -0.883. The highest BCUT2D eigenvalue weighted by molar-refractivity contribution is 5.72. The molecule has 5 heteroatoms. The number of aliphatic carboxylic acids is 1. The van der Waals surface area contributed by atoms with Gasteiger partial charge in [0.15, 0.2) is 0 Å². The van der Waals surface area contributed by atoms with E-state index >= 15 is 0 Å². The number of nitrogens with zero attached hydrogens (tertiary/aromatic N) is 1. The van der Waals surface area contributed by atoms with Gasteiger partial charge in [-0.3, -0.25) is 4.79 Å². The quantitative estimate of drug-likeness (QED) is 0.825. The molecular weight excluding hydrogens is 234 g/mol.